The first-order valence-electron chi connectivity index (χ1n) is 11.4. The van der Waals surface area contributed by atoms with Gasteiger partial charge in [-0.2, -0.15) is 0 Å². The summed E-state index contributed by atoms with van der Waals surface area (Å²) in [6.45, 7) is 4.12. The maximum Gasteiger partial charge on any atom is 0.182 e. The minimum Gasteiger partial charge on any atom is -0.298 e. The number of fused-ring (bicyclic) bond motifs is 2. The van der Waals surface area contributed by atoms with Crippen LogP contribution in [0.2, 0.25) is 0 Å². The highest BCUT2D eigenvalue weighted by Crippen LogP contribution is 2.35. The average Bonchev–Trinajstić information content (AvgIpc) is 3.52. The van der Waals surface area contributed by atoms with Gasteiger partial charge in [-0.15, -0.1) is 10.2 Å². The lowest BCUT2D eigenvalue weighted by molar-refractivity contribution is 0.111. The third-order valence-electron chi connectivity index (χ3n) is 6.42. The molecule has 0 N–H and O–H groups in total. The molecule has 0 amide bonds. The zero-order valence-electron chi connectivity index (χ0n) is 19.6. The van der Waals surface area contributed by atoms with E-state index in [9.17, 15) is 9.59 Å². The standard InChI is InChI=1S/C28H20N6O2/c1-17-21(5-3-7-23(17)27-29-25-11-9-19(15-35)13-33(25)31-27)22-6-4-8-24(18(22)2)28-30-26-12-10-20(16-36)14-34(26)32-28/h3-16H,1-2H3. The van der Waals surface area contributed by atoms with Crippen molar-refractivity contribution in [1.82, 2.24) is 29.2 Å². The van der Waals surface area contributed by atoms with Gasteiger partial charge in [0.25, 0.3) is 0 Å². The van der Waals surface area contributed by atoms with Crippen molar-refractivity contribution >= 4 is 23.9 Å². The van der Waals surface area contributed by atoms with Crippen molar-refractivity contribution < 1.29 is 9.59 Å². The molecule has 8 nitrogen and oxygen atoms in total. The molecule has 0 saturated heterocycles. The van der Waals surface area contributed by atoms with Gasteiger partial charge in [0, 0.05) is 34.6 Å². The van der Waals surface area contributed by atoms with Crippen LogP contribution in [0.1, 0.15) is 31.8 Å². The minimum atomic E-state index is 0.541. The van der Waals surface area contributed by atoms with E-state index < -0.39 is 0 Å². The van der Waals surface area contributed by atoms with Crippen LogP contribution in [0.25, 0.3) is 45.2 Å². The number of hydrogen-bond donors (Lipinski definition) is 0. The first-order valence-corrected chi connectivity index (χ1v) is 11.4. The molecule has 0 saturated carbocycles. The fourth-order valence-corrected chi connectivity index (χ4v) is 4.50. The lowest BCUT2D eigenvalue weighted by Crippen LogP contribution is -1.95. The molecule has 0 aliphatic rings. The molecule has 174 valence electrons. The Hall–Kier alpha value is -4.98. The summed E-state index contributed by atoms with van der Waals surface area (Å²) in [6.07, 6.45) is 4.93. The lowest BCUT2D eigenvalue weighted by Gasteiger charge is -2.14. The van der Waals surface area contributed by atoms with Gasteiger partial charge in [0.2, 0.25) is 0 Å². The molecule has 0 aliphatic carbocycles. The largest absolute Gasteiger partial charge is 0.298 e. The Kier molecular flexibility index (Phi) is 5.00. The number of nitrogens with zero attached hydrogens (tertiary/aromatic N) is 6. The van der Waals surface area contributed by atoms with Crippen molar-refractivity contribution in [2.75, 3.05) is 0 Å². The van der Waals surface area contributed by atoms with E-state index in [4.69, 9.17) is 0 Å². The predicted molar refractivity (Wildman–Crippen MR) is 136 cm³/mol. The van der Waals surface area contributed by atoms with Crippen LogP contribution >= 0.6 is 0 Å². The number of rotatable bonds is 5. The average molecular weight is 473 g/mol. The molecular formula is C28H20N6O2. The molecule has 0 atom stereocenters. The van der Waals surface area contributed by atoms with Crippen LogP contribution in [0.15, 0.2) is 73.1 Å². The van der Waals surface area contributed by atoms with Crippen molar-refractivity contribution in [3.8, 4) is 33.9 Å². The molecule has 36 heavy (non-hydrogen) atoms. The van der Waals surface area contributed by atoms with Crippen molar-refractivity contribution in [3.63, 3.8) is 0 Å². The smallest absolute Gasteiger partial charge is 0.182 e. The van der Waals surface area contributed by atoms with Gasteiger partial charge in [0.15, 0.2) is 35.5 Å². The summed E-state index contributed by atoms with van der Waals surface area (Å²) in [4.78, 5) is 31.6. The highest BCUT2D eigenvalue weighted by Gasteiger charge is 2.17. The summed E-state index contributed by atoms with van der Waals surface area (Å²) in [6, 6.07) is 19.2. The Labute approximate surface area is 205 Å². The Balaban J connectivity index is 1.45. The van der Waals surface area contributed by atoms with Gasteiger partial charge in [-0.25, -0.2) is 19.0 Å². The molecule has 4 aromatic heterocycles. The van der Waals surface area contributed by atoms with Gasteiger partial charge in [0.05, 0.1) is 0 Å². The first-order chi connectivity index (χ1) is 17.6. The van der Waals surface area contributed by atoms with E-state index in [1.807, 2.05) is 24.3 Å². The second kappa shape index (κ2) is 8.35. The second-order valence-corrected chi connectivity index (χ2v) is 8.59. The monoisotopic (exact) mass is 472 g/mol. The minimum absolute atomic E-state index is 0.541. The quantitative estimate of drug-likeness (QED) is 0.327. The number of benzene rings is 2. The zero-order valence-corrected chi connectivity index (χ0v) is 19.6. The van der Waals surface area contributed by atoms with Crippen LogP contribution < -0.4 is 0 Å². The number of aldehydes is 2. The summed E-state index contributed by atoms with van der Waals surface area (Å²) in [5.41, 5.74) is 8.48. The Morgan fingerprint density at radius 2 is 1.00 bits per heavy atom. The van der Waals surface area contributed by atoms with Gasteiger partial charge in [-0.05, 0) is 60.4 Å². The van der Waals surface area contributed by atoms with Crippen LogP contribution in [-0.4, -0.2) is 41.8 Å². The summed E-state index contributed by atoms with van der Waals surface area (Å²) in [5, 5.41) is 9.22. The first kappa shape index (κ1) is 21.5. The molecule has 0 aliphatic heterocycles. The number of carbonyl (C=O) groups excluding carboxylic acids is 2. The maximum absolute atomic E-state index is 11.1. The molecule has 0 unspecified atom stereocenters. The zero-order chi connectivity index (χ0) is 24.8. The Morgan fingerprint density at radius 3 is 1.42 bits per heavy atom. The van der Waals surface area contributed by atoms with Gasteiger partial charge in [-0.3, -0.25) is 9.59 Å². The highest BCUT2D eigenvalue weighted by molar-refractivity contribution is 5.82. The van der Waals surface area contributed by atoms with E-state index in [2.05, 4.69) is 46.1 Å². The van der Waals surface area contributed by atoms with Crippen molar-refractivity contribution in [2.24, 2.45) is 0 Å². The van der Waals surface area contributed by atoms with Crippen LogP contribution in [-0.2, 0) is 0 Å². The molecule has 6 rings (SSSR count). The van der Waals surface area contributed by atoms with E-state index in [1.54, 1.807) is 45.7 Å². The van der Waals surface area contributed by atoms with Gasteiger partial charge < -0.3 is 0 Å². The topological polar surface area (TPSA) is 94.5 Å². The molecule has 0 radical (unpaired) electrons. The predicted octanol–water partition coefficient (Wildman–Crippen LogP) is 5.01. The number of carbonyl (C=O) groups is 2. The molecule has 0 fully saturated rings. The van der Waals surface area contributed by atoms with Gasteiger partial charge in [-0.1, -0.05) is 36.4 Å². The van der Waals surface area contributed by atoms with Gasteiger partial charge >= 0.3 is 0 Å². The molecule has 4 heterocycles. The lowest BCUT2D eigenvalue weighted by atomic mass is 9.91. The Bertz CT molecular complexity index is 1680. The fourth-order valence-electron chi connectivity index (χ4n) is 4.50. The summed E-state index contributed by atoms with van der Waals surface area (Å²) < 4.78 is 3.25. The second-order valence-electron chi connectivity index (χ2n) is 8.59. The normalized spacial score (nSPS) is 11.3. The summed E-state index contributed by atoms with van der Waals surface area (Å²) in [7, 11) is 0. The number of aromatic nitrogens is 6. The maximum atomic E-state index is 11.1. The summed E-state index contributed by atoms with van der Waals surface area (Å²) in [5.74, 6) is 1.19. The molecule has 0 spiro atoms. The van der Waals surface area contributed by atoms with Crippen molar-refractivity contribution in [3.05, 3.63) is 95.3 Å². The van der Waals surface area contributed by atoms with Crippen molar-refractivity contribution in [1.29, 1.82) is 0 Å². The molecule has 0 bridgehead atoms. The van der Waals surface area contributed by atoms with E-state index in [-0.39, 0.29) is 0 Å². The van der Waals surface area contributed by atoms with Crippen molar-refractivity contribution in [2.45, 2.75) is 13.8 Å². The summed E-state index contributed by atoms with van der Waals surface area (Å²) >= 11 is 0. The molecular weight excluding hydrogens is 452 g/mol. The van der Waals surface area contributed by atoms with E-state index in [0.29, 0.717) is 34.1 Å². The van der Waals surface area contributed by atoms with E-state index in [0.717, 1.165) is 46.0 Å². The van der Waals surface area contributed by atoms with Crippen LogP contribution in [0.4, 0.5) is 0 Å². The molecule has 2 aromatic carbocycles. The molecule has 6 aromatic rings. The van der Waals surface area contributed by atoms with Crippen LogP contribution in [0.3, 0.4) is 0 Å². The third-order valence-corrected chi connectivity index (χ3v) is 6.42. The van der Waals surface area contributed by atoms with Crippen LogP contribution in [0.5, 0.6) is 0 Å². The van der Waals surface area contributed by atoms with Gasteiger partial charge in [0.1, 0.15) is 0 Å². The van der Waals surface area contributed by atoms with E-state index >= 15 is 0 Å². The highest BCUT2D eigenvalue weighted by atomic mass is 16.1. The SMILES string of the molecule is Cc1c(-c2nc3ccc(C=O)cn3n2)cccc1-c1cccc(-c2nc3ccc(C=O)cn3n2)c1C. The Morgan fingerprint density at radius 1 is 0.583 bits per heavy atom. The fraction of sp³-hybridized carbons (Fsp3) is 0.0714. The number of pyridine rings is 2. The van der Waals surface area contributed by atoms with E-state index in [1.165, 1.54) is 0 Å². The molecule has 8 heteroatoms. The van der Waals surface area contributed by atoms with Crippen LogP contribution in [0, 0.1) is 13.8 Å². The third kappa shape index (κ3) is 3.47. The number of hydrogen-bond acceptors (Lipinski definition) is 6.